The number of hydrogen-bond acceptors (Lipinski definition) is 2. The van der Waals surface area contributed by atoms with Crippen LogP contribution in [0.25, 0.3) is 0 Å². The Bertz CT molecular complexity index is 260. The summed E-state index contributed by atoms with van der Waals surface area (Å²) in [4.78, 5) is 24.4. The highest BCUT2D eigenvalue weighted by atomic mass is 16.4. The van der Waals surface area contributed by atoms with Crippen LogP contribution in [0.3, 0.4) is 0 Å². The Morgan fingerprint density at radius 1 is 1.43 bits per heavy atom. The van der Waals surface area contributed by atoms with Gasteiger partial charge in [-0.05, 0) is 33.6 Å². The molecule has 1 amide bonds. The fourth-order valence-corrected chi connectivity index (χ4v) is 1.69. The molecule has 4 nitrogen and oxygen atoms in total. The molecule has 1 fully saturated rings. The molecule has 0 aromatic carbocycles. The SMILES string of the molecule is C[C@@H]1CCCN1C(=O)C(C)(C)C(=O)O. The number of aliphatic carboxylic acids is 1. The number of carbonyl (C=O) groups is 2. The van der Waals surface area contributed by atoms with Crippen LogP contribution in [0.2, 0.25) is 0 Å². The van der Waals surface area contributed by atoms with Gasteiger partial charge in [-0.3, -0.25) is 9.59 Å². The molecule has 14 heavy (non-hydrogen) atoms. The van der Waals surface area contributed by atoms with Crippen molar-refractivity contribution in [3.8, 4) is 0 Å². The number of nitrogens with zero attached hydrogens (tertiary/aromatic N) is 1. The van der Waals surface area contributed by atoms with Gasteiger partial charge in [0, 0.05) is 12.6 Å². The van der Waals surface area contributed by atoms with E-state index in [9.17, 15) is 9.59 Å². The molecule has 4 heteroatoms. The summed E-state index contributed by atoms with van der Waals surface area (Å²) in [6.45, 7) is 5.57. The van der Waals surface area contributed by atoms with Crippen molar-refractivity contribution in [1.82, 2.24) is 4.90 Å². The van der Waals surface area contributed by atoms with Gasteiger partial charge in [-0.2, -0.15) is 0 Å². The van der Waals surface area contributed by atoms with Crippen molar-refractivity contribution in [2.24, 2.45) is 5.41 Å². The molecule has 1 aliphatic rings. The predicted molar refractivity (Wildman–Crippen MR) is 51.8 cm³/mol. The first-order chi connectivity index (χ1) is 6.37. The van der Waals surface area contributed by atoms with E-state index in [1.54, 1.807) is 4.90 Å². The van der Waals surface area contributed by atoms with E-state index < -0.39 is 11.4 Å². The van der Waals surface area contributed by atoms with Crippen molar-refractivity contribution < 1.29 is 14.7 Å². The van der Waals surface area contributed by atoms with Crippen LogP contribution in [-0.2, 0) is 9.59 Å². The standard InChI is InChI=1S/C10H17NO3/c1-7-5-4-6-11(7)8(12)10(2,3)9(13)14/h7H,4-6H2,1-3H3,(H,13,14)/t7-/m1/s1. The van der Waals surface area contributed by atoms with Gasteiger partial charge in [-0.15, -0.1) is 0 Å². The van der Waals surface area contributed by atoms with Crippen LogP contribution in [-0.4, -0.2) is 34.5 Å². The topological polar surface area (TPSA) is 57.6 Å². The first kappa shape index (κ1) is 11.0. The fraction of sp³-hybridized carbons (Fsp3) is 0.800. The van der Waals surface area contributed by atoms with Gasteiger partial charge in [0.1, 0.15) is 5.41 Å². The minimum absolute atomic E-state index is 0.182. The van der Waals surface area contributed by atoms with E-state index in [1.165, 1.54) is 13.8 Å². The van der Waals surface area contributed by atoms with Crippen molar-refractivity contribution in [2.45, 2.75) is 39.7 Å². The van der Waals surface area contributed by atoms with Crippen LogP contribution < -0.4 is 0 Å². The summed E-state index contributed by atoms with van der Waals surface area (Å²) in [5, 5.41) is 8.91. The molecule has 0 bridgehead atoms. The van der Waals surface area contributed by atoms with E-state index in [4.69, 9.17) is 5.11 Å². The Labute approximate surface area is 83.9 Å². The highest BCUT2D eigenvalue weighted by Gasteiger charge is 2.41. The zero-order chi connectivity index (χ0) is 10.9. The molecule has 0 radical (unpaired) electrons. The molecule has 1 atom stereocenters. The zero-order valence-electron chi connectivity index (χ0n) is 8.91. The average molecular weight is 199 g/mol. The molecule has 1 rings (SSSR count). The Balaban J connectivity index is 2.79. The van der Waals surface area contributed by atoms with Crippen molar-refractivity contribution in [1.29, 1.82) is 0 Å². The van der Waals surface area contributed by atoms with Gasteiger partial charge in [0.25, 0.3) is 0 Å². The fourth-order valence-electron chi connectivity index (χ4n) is 1.69. The first-order valence-electron chi connectivity index (χ1n) is 4.92. The van der Waals surface area contributed by atoms with E-state index in [1.807, 2.05) is 6.92 Å². The molecule has 0 aliphatic carbocycles. The molecule has 80 valence electrons. The maximum atomic E-state index is 11.9. The zero-order valence-corrected chi connectivity index (χ0v) is 8.91. The molecule has 0 spiro atoms. The van der Waals surface area contributed by atoms with Crippen LogP contribution in [0, 0.1) is 5.41 Å². The average Bonchev–Trinajstić information content (AvgIpc) is 2.49. The Morgan fingerprint density at radius 3 is 2.36 bits per heavy atom. The normalized spacial score (nSPS) is 22.5. The van der Waals surface area contributed by atoms with Gasteiger partial charge in [-0.25, -0.2) is 0 Å². The highest BCUT2D eigenvalue weighted by molar-refractivity contribution is 6.01. The minimum atomic E-state index is -1.29. The largest absolute Gasteiger partial charge is 0.480 e. The quantitative estimate of drug-likeness (QED) is 0.678. The number of carboxylic acid groups (broad SMARTS) is 1. The van der Waals surface area contributed by atoms with Crippen molar-refractivity contribution in [2.75, 3.05) is 6.54 Å². The third-order valence-corrected chi connectivity index (χ3v) is 2.88. The van der Waals surface area contributed by atoms with E-state index in [0.717, 1.165) is 12.8 Å². The summed E-state index contributed by atoms with van der Waals surface area (Å²) in [5.74, 6) is -1.32. The van der Waals surface area contributed by atoms with Crippen LogP contribution >= 0.6 is 0 Å². The second-order valence-corrected chi connectivity index (χ2v) is 4.42. The lowest BCUT2D eigenvalue weighted by atomic mass is 9.91. The minimum Gasteiger partial charge on any atom is -0.480 e. The summed E-state index contributed by atoms with van der Waals surface area (Å²) < 4.78 is 0. The Morgan fingerprint density at radius 2 is 2.00 bits per heavy atom. The lowest BCUT2D eigenvalue weighted by Gasteiger charge is -2.28. The number of likely N-dealkylation sites (tertiary alicyclic amines) is 1. The Kier molecular flexibility index (Phi) is 2.83. The summed E-state index contributed by atoms with van der Waals surface area (Å²) in [7, 11) is 0. The van der Waals surface area contributed by atoms with E-state index in [0.29, 0.717) is 6.54 Å². The molecule has 1 saturated heterocycles. The molecular weight excluding hydrogens is 182 g/mol. The summed E-state index contributed by atoms with van der Waals surface area (Å²) in [6, 6.07) is 0.182. The molecular formula is C10H17NO3. The Hall–Kier alpha value is -1.06. The van der Waals surface area contributed by atoms with Gasteiger partial charge >= 0.3 is 5.97 Å². The smallest absolute Gasteiger partial charge is 0.318 e. The second kappa shape index (κ2) is 3.59. The molecule has 1 N–H and O–H groups in total. The lowest BCUT2D eigenvalue weighted by molar-refractivity contribution is -0.158. The van der Waals surface area contributed by atoms with E-state index in [-0.39, 0.29) is 11.9 Å². The monoisotopic (exact) mass is 199 g/mol. The lowest BCUT2D eigenvalue weighted by Crippen LogP contribution is -2.46. The number of rotatable bonds is 2. The molecule has 0 aromatic heterocycles. The third-order valence-electron chi connectivity index (χ3n) is 2.88. The third kappa shape index (κ3) is 1.74. The molecule has 1 heterocycles. The molecule has 0 unspecified atom stereocenters. The predicted octanol–water partition coefficient (Wildman–Crippen LogP) is 1.11. The van der Waals surface area contributed by atoms with Gasteiger partial charge in [0.2, 0.25) is 5.91 Å². The summed E-state index contributed by atoms with van der Waals surface area (Å²) >= 11 is 0. The summed E-state index contributed by atoms with van der Waals surface area (Å²) in [6.07, 6.45) is 1.95. The van der Waals surface area contributed by atoms with Crippen LogP contribution in [0.4, 0.5) is 0 Å². The van der Waals surface area contributed by atoms with E-state index >= 15 is 0 Å². The molecule has 0 saturated carbocycles. The van der Waals surface area contributed by atoms with Crippen LogP contribution in [0.5, 0.6) is 0 Å². The first-order valence-corrected chi connectivity index (χ1v) is 4.92. The van der Waals surface area contributed by atoms with Gasteiger partial charge < -0.3 is 10.0 Å². The van der Waals surface area contributed by atoms with Crippen LogP contribution in [0.1, 0.15) is 33.6 Å². The van der Waals surface area contributed by atoms with Crippen LogP contribution in [0.15, 0.2) is 0 Å². The molecule has 1 aliphatic heterocycles. The maximum Gasteiger partial charge on any atom is 0.318 e. The van der Waals surface area contributed by atoms with Gasteiger partial charge in [-0.1, -0.05) is 0 Å². The number of carbonyl (C=O) groups excluding carboxylic acids is 1. The maximum absolute atomic E-state index is 11.9. The second-order valence-electron chi connectivity index (χ2n) is 4.42. The van der Waals surface area contributed by atoms with Crippen molar-refractivity contribution in [3.05, 3.63) is 0 Å². The molecule has 0 aromatic rings. The van der Waals surface area contributed by atoms with E-state index in [2.05, 4.69) is 0 Å². The number of carboxylic acids is 1. The summed E-state index contributed by atoms with van der Waals surface area (Å²) in [5.41, 5.74) is -1.29. The van der Waals surface area contributed by atoms with Crippen molar-refractivity contribution >= 4 is 11.9 Å². The highest BCUT2D eigenvalue weighted by Crippen LogP contribution is 2.25. The van der Waals surface area contributed by atoms with Gasteiger partial charge in [0.05, 0.1) is 0 Å². The van der Waals surface area contributed by atoms with Crippen molar-refractivity contribution in [3.63, 3.8) is 0 Å². The number of hydrogen-bond donors (Lipinski definition) is 1. The number of amides is 1. The van der Waals surface area contributed by atoms with Gasteiger partial charge in [0.15, 0.2) is 0 Å².